The second-order valence-electron chi connectivity index (χ2n) is 9.54. The Morgan fingerprint density at radius 2 is 1.70 bits per heavy atom. The lowest BCUT2D eigenvalue weighted by Gasteiger charge is -2.55. The molecule has 2 amide bonds. The maximum atomic E-state index is 12.4. The van der Waals surface area contributed by atoms with Gasteiger partial charge in [-0.2, -0.15) is 0 Å². The molecule has 1 aliphatic heterocycles. The number of nitrogens with one attached hydrogen (secondary N) is 2. The minimum atomic E-state index is -0.450. The smallest absolute Gasteiger partial charge is 0.240 e. The van der Waals surface area contributed by atoms with E-state index in [-0.39, 0.29) is 29.6 Å². The van der Waals surface area contributed by atoms with Crippen molar-refractivity contribution in [3.05, 3.63) is 29.8 Å². The maximum absolute atomic E-state index is 12.4. The molecule has 1 unspecified atom stereocenters. The number of Topliss-reactive ketones (excluding diaryl/α,β-unsaturated/α-hetero) is 1. The number of thioether (sulfide) groups is 1. The van der Waals surface area contributed by atoms with Crippen molar-refractivity contribution in [2.45, 2.75) is 62.7 Å². The van der Waals surface area contributed by atoms with E-state index >= 15 is 0 Å². The third-order valence-electron chi connectivity index (χ3n) is 7.07. The standard InChI is InChI=1S/C23H27N3O3S/c1-13(27)17-2-4-18(5-3-17)24-20(28)9-19-21(29)25-22(30-19)26-23-10-14-6-15(11-23)8-16(7-14)12-23/h2-5,14-16,19H,6-12H2,1H3,(H,24,28)(H,25,26,29). The molecule has 5 aliphatic rings. The molecule has 0 radical (unpaired) electrons. The van der Waals surface area contributed by atoms with Crippen molar-refractivity contribution in [3.8, 4) is 0 Å². The van der Waals surface area contributed by atoms with Crippen LogP contribution in [-0.2, 0) is 9.59 Å². The maximum Gasteiger partial charge on any atom is 0.240 e. The third-order valence-corrected chi connectivity index (χ3v) is 8.15. The van der Waals surface area contributed by atoms with Gasteiger partial charge in [0, 0.05) is 17.7 Å². The number of carbonyl (C=O) groups excluding carboxylic acids is 3. The van der Waals surface area contributed by atoms with E-state index in [0.717, 1.165) is 37.0 Å². The van der Waals surface area contributed by atoms with E-state index in [4.69, 9.17) is 4.99 Å². The van der Waals surface area contributed by atoms with Crippen molar-refractivity contribution in [1.29, 1.82) is 0 Å². The Morgan fingerprint density at radius 1 is 1.10 bits per heavy atom. The topological polar surface area (TPSA) is 87.6 Å². The number of hydrogen-bond donors (Lipinski definition) is 2. The highest BCUT2D eigenvalue weighted by Gasteiger charge is 2.51. The first-order chi connectivity index (χ1) is 14.4. The molecule has 0 aromatic heterocycles. The van der Waals surface area contributed by atoms with Crippen molar-refractivity contribution in [3.63, 3.8) is 0 Å². The Kier molecular flexibility index (Phi) is 4.96. The number of aliphatic imine (C=N–C) groups is 1. The first-order valence-corrected chi connectivity index (χ1v) is 11.7. The average Bonchev–Trinajstić information content (AvgIpc) is 2.98. The van der Waals surface area contributed by atoms with Crippen LogP contribution in [0, 0.1) is 17.8 Å². The van der Waals surface area contributed by atoms with Crippen LogP contribution in [0.2, 0.25) is 0 Å². The zero-order valence-corrected chi connectivity index (χ0v) is 18.0. The van der Waals surface area contributed by atoms with E-state index in [0.29, 0.717) is 16.4 Å². The molecule has 158 valence electrons. The second-order valence-corrected chi connectivity index (χ2v) is 10.7. The van der Waals surface area contributed by atoms with Crippen LogP contribution in [0.15, 0.2) is 29.3 Å². The Balaban J connectivity index is 1.21. The highest BCUT2D eigenvalue weighted by Crippen LogP contribution is 2.57. The van der Waals surface area contributed by atoms with Gasteiger partial charge >= 0.3 is 0 Å². The van der Waals surface area contributed by atoms with E-state index in [1.54, 1.807) is 24.3 Å². The van der Waals surface area contributed by atoms with Crippen molar-refractivity contribution < 1.29 is 14.4 Å². The van der Waals surface area contributed by atoms with Crippen molar-refractivity contribution in [2.24, 2.45) is 22.7 Å². The first-order valence-electron chi connectivity index (χ1n) is 10.9. The summed E-state index contributed by atoms with van der Waals surface area (Å²) in [5.41, 5.74) is 1.24. The molecule has 6 nitrogen and oxygen atoms in total. The van der Waals surface area contributed by atoms with Crippen molar-refractivity contribution in [2.75, 3.05) is 5.32 Å². The van der Waals surface area contributed by atoms with Crippen LogP contribution in [0.25, 0.3) is 0 Å². The second kappa shape index (κ2) is 7.52. The summed E-state index contributed by atoms with van der Waals surface area (Å²) in [4.78, 5) is 41.3. The molecule has 1 heterocycles. The van der Waals surface area contributed by atoms with Gasteiger partial charge in [-0.3, -0.25) is 19.4 Å². The molecule has 0 spiro atoms. The number of carbonyl (C=O) groups is 3. The molecular weight excluding hydrogens is 398 g/mol. The van der Waals surface area contributed by atoms with E-state index < -0.39 is 5.25 Å². The van der Waals surface area contributed by atoms with Crippen molar-refractivity contribution >= 4 is 40.2 Å². The van der Waals surface area contributed by atoms with Crippen LogP contribution in [0.3, 0.4) is 0 Å². The third kappa shape index (κ3) is 3.92. The predicted octanol–water partition coefficient (Wildman–Crippen LogP) is 3.77. The van der Waals surface area contributed by atoms with Gasteiger partial charge in [-0.1, -0.05) is 11.8 Å². The fraction of sp³-hybridized carbons (Fsp3) is 0.565. The molecule has 1 aromatic rings. The molecule has 7 heteroatoms. The van der Waals surface area contributed by atoms with Gasteiger partial charge in [-0.15, -0.1) is 0 Å². The molecular formula is C23H27N3O3S. The minimum absolute atomic E-state index is 0.0139. The van der Waals surface area contributed by atoms with Gasteiger partial charge in [0.25, 0.3) is 0 Å². The lowest BCUT2D eigenvalue weighted by atomic mass is 9.53. The van der Waals surface area contributed by atoms with Crippen molar-refractivity contribution in [1.82, 2.24) is 5.32 Å². The number of amides is 2. The monoisotopic (exact) mass is 425 g/mol. The highest BCUT2D eigenvalue weighted by molar-refractivity contribution is 8.15. The molecule has 2 N–H and O–H groups in total. The Hall–Kier alpha value is -2.15. The number of nitrogens with zero attached hydrogens (tertiary/aromatic N) is 1. The van der Waals surface area contributed by atoms with Gasteiger partial charge in [0.15, 0.2) is 11.0 Å². The summed E-state index contributed by atoms with van der Waals surface area (Å²) in [5, 5.41) is 5.99. The van der Waals surface area contributed by atoms with E-state index in [1.165, 1.54) is 37.9 Å². The van der Waals surface area contributed by atoms with Crippen LogP contribution in [0.1, 0.15) is 62.2 Å². The summed E-state index contributed by atoms with van der Waals surface area (Å²) in [6.45, 7) is 1.51. The summed E-state index contributed by atoms with van der Waals surface area (Å²) in [6.07, 6.45) is 7.64. The lowest BCUT2D eigenvalue weighted by molar-refractivity contribution is -0.122. The summed E-state index contributed by atoms with van der Waals surface area (Å²) in [5.74, 6) is 2.05. The molecule has 4 bridgehead atoms. The molecule has 1 aromatic carbocycles. The number of rotatable bonds is 5. The van der Waals surface area contributed by atoms with Gasteiger partial charge in [0.2, 0.25) is 11.8 Å². The van der Waals surface area contributed by atoms with E-state index in [1.807, 2.05) is 0 Å². The quantitative estimate of drug-likeness (QED) is 0.703. The molecule has 5 fully saturated rings. The van der Waals surface area contributed by atoms with Crippen LogP contribution in [-0.4, -0.2) is 33.6 Å². The summed E-state index contributed by atoms with van der Waals surface area (Å²) in [6, 6.07) is 6.78. The summed E-state index contributed by atoms with van der Waals surface area (Å²) >= 11 is 1.40. The molecule has 1 saturated heterocycles. The molecule has 4 aliphatic carbocycles. The van der Waals surface area contributed by atoms with E-state index in [2.05, 4.69) is 10.6 Å². The van der Waals surface area contributed by atoms with Crippen LogP contribution in [0.4, 0.5) is 5.69 Å². The SMILES string of the molecule is CC(=O)c1ccc(NC(=O)CC2SC(=NC34CC5CC(CC(C5)C3)C4)NC2=O)cc1. The molecule has 6 rings (SSSR count). The summed E-state index contributed by atoms with van der Waals surface area (Å²) < 4.78 is 0. The molecule has 4 saturated carbocycles. The Labute approximate surface area is 180 Å². The number of hydrogen-bond acceptors (Lipinski definition) is 5. The van der Waals surface area contributed by atoms with Gasteiger partial charge in [0.1, 0.15) is 5.25 Å². The molecule has 30 heavy (non-hydrogen) atoms. The fourth-order valence-electron chi connectivity index (χ4n) is 6.18. The zero-order chi connectivity index (χ0) is 20.9. The first kappa shape index (κ1) is 19.8. The fourth-order valence-corrected chi connectivity index (χ4v) is 7.25. The number of anilines is 1. The van der Waals surface area contributed by atoms with Crippen LogP contribution < -0.4 is 10.6 Å². The predicted molar refractivity (Wildman–Crippen MR) is 118 cm³/mol. The normalized spacial score (nSPS) is 35.5. The van der Waals surface area contributed by atoms with Gasteiger partial charge < -0.3 is 10.6 Å². The van der Waals surface area contributed by atoms with Gasteiger partial charge in [-0.25, -0.2) is 0 Å². The van der Waals surface area contributed by atoms with Crippen LogP contribution >= 0.6 is 11.8 Å². The largest absolute Gasteiger partial charge is 0.326 e. The number of amidine groups is 1. The Morgan fingerprint density at radius 3 is 2.27 bits per heavy atom. The average molecular weight is 426 g/mol. The lowest BCUT2D eigenvalue weighted by Crippen LogP contribution is -2.50. The summed E-state index contributed by atoms with van der Waals surface area (Å²) in [7, 11) is 0. The Bertz CT molecular complexity index is 889. The molecule has 1 atom stereocenters. The number of benzene rings is 1. The highest BCUT2D eigenvalue weighted by atomic mass is 32.2. The number of ketones is 1. The van der Waals surface area contributed by atoms with Gasteiger partial charge in [-0.05, 0) is 87.5 Å². The van der Waals surface area contributed by atoms with E-state index in [9.17, 15) is 14.4 Å². The van der Waals surface area contributed by atoms with Gasteiger partial charge in [0.05, 0.1) is 5.54 Å². The zero-order valence-electron chi connectivity index (χ0n) is 17.1. The minimum Gasteiger partial charge on any atom is -0.326 e. The van der Waals surface area contributed by atoms with Crippen LogP contribution in [0.5, 0.6) is 0 Å².